The summed E-state index contributed by atoms with van der Waals surface area (Å²) in [5, 5.41) is 14.2. The van der Waals surface area contributed by atoms with Crippen molar-refractivity contribution in [1.29, 1.82) is 0 Å². The minimum Gasteiger partial charge on any atom is -0.377 e. The summed E-state index contributed by atoms with van der Waals surface area (Å²) in [7, 11) is 0. The number of ether oxygens (including phenoxy) is 1. The van der Waals surface area contributed by atoms with Crippen LogP contribution in [0.3, 0.4) is 0 Å². The molecule has 1 aliphatic rings. The highest BCUT2D eigenvalue weighted by Gasteiger charge is 2.21. The fraction of sp³-hybridized carbons (Fsp3) is 0.667. The van der Waals surface area contributed by atoms with Gasteiger partial charge in [0.05, 0.1) is 12.6 Å². The summed E-state index contributed by atoms with van der Waals surface area (Å²) in [6.07, 6.45) is 3.70. The van der Waals surface area contributed by atoms with Gasteiger partial charge in [0.25, 0.3) is 0 Å². The summed E-state index contributed by atoms with van der Waals surface area (Å²) in [5.74, 6) is 0.941. The molecule has 0 radical (unpaired) electrons. The van der Waals surface area contributed by atoms with Crippen LogP contribution < -0.4 is 0 Å². The van der Waals surface area contributed by atoms with Gasteiger partial charge < -0.3 is 4.74 Å². The van der Waals surface area contributed by atoms with E-state index in [0.717, 1.165) is 51.5 Å². The smallest absolute Gasteiger partial charge is 0.165 e. The van der Waals surface area contributed by atoms with E-state index in [-0.39, 0.29) is 0 Å². The number of nitrogens with zero attached hydrogens (tertiary/aromatic N) is 5. The summed E-state index contributed by atoms with van der Waals surface area (Å²) in [6.45, 7) is 6.54. The summed E-state index contributed by atoms with van der Waals surface area (Å²) in [6, 6.07) is 4.29. The Labute approximate surface area is 135 Å². The first kappa shape index (κ1) is 15.6. The van der Waals surface area contributed by atoms with Crippen molar-refractivity contribution in [3.8, 4) is 0 Å². The van der Waals surface area contributed by atoms with Gasteiger partial charge >= 0.3 is 0 Å². The Morgan fingerprint density at radius 2 is 2.41 bits per heavy atom. The van der Waals surface area contributed by atoms with E-state index in [1.54, 1.807) is 11.3 Å². The highest BCUT2D eigenvalue weighted by atomic mass is 32.1. The van der Waals surface area contributed by atoms with Crippen molar-refractivity contribution in [3.05, 3.63) is 28.2 Å². The van der Waals surface area contributed by atoms with Crippen LogP contribution in [0.1, 0.15) is 36.9 Å². The number of tetrazole rings is 1. The minimum absolute atomic E-state index is 0.343. The Morgan fingerprint density at radius 3 is 3.14 bits per heavy atom. The topological polar surface area (TPSA) is 56.1 Å². The lowest BCUT2D eigenvalue weighted by Crippen LogP contribution is -2.32. The van der Waals surface area contributed by atoms with Crippen LogP contribution in [0.4, 0.5) is 0 Å². The van der Waals surface area contributed by atoms with E-state index in [1.807, 2.05) is 4.68 Å². The highest BCUT2D eigenvalue weighted by Crippen LogP contribution is 2.18. The number of aromatic nitrogens is 4. The average molecular weight is 321 g/mol. The zero-order chi connectivity index (χ0) is 15.2. The SMILES string of the molecule is CCCn1nnnc1CN(Cc1cccs1)C[C@H]1CCCO1. The Hall–Kier alpha value is -1.31. The molecule has 3 rings (SSSR count). The van der Waals surface area contributed by atoms with E-state index in [2.05, 4.69) is 44.9 Å². The van der Waals surface area contributed by atoms with Crippen LogP contribution in [0.25, 0.3) is 0 Å². The molecule has 1 aliphatic heterocycles. The molecule has 7 heteroatoms. The van der Waals surface area contributed by atoms with Gasteiger partial charge in [0.1, 0.15) is 0 Å². The molecule has 0 unspecified atom stereocenters. The Morgan fingerprint density at radius 1 is 1.45 bits per heavy atom. The van der Waals surface area contributed by atoms with Crippen LogP contribution in [0.5, 0.6) is 0 Å². The van der Waals surface area contributed by atoms with Gasteiger partial charge in [-0.2, -0.15) is 0 Å². The summed E-state index contributed by atoms with van der Waals surface area (Å²) in [5.41, 5.74) is 0. The van der Waals surface area contributed by atoms with E-state index < -0.39 is 0 Å². The van der Waals surface area contributed by atoms with Gasteiger partial charge in [0, 0.05) is 31.1 Å². The molecule has 1 fully saturated rings. The first-order chi connectivity index (χ1) is 10.8. The fourth-order valence-electron chi connectivity index (χ4n) is 2.81. The molecule has 6 nitrogen and oxygen atoms in total. The van der Waals surface area contributed by atoms with Crippen LogP contribution in [-0.2, 0) is 24.4 Å². The van der Waals surface area contributed by atoms with E-state index in [0.29, 0.717) is 6.10 Å². The normalized spacial score (nSPS) is 18.4. The van der Waals surface area contributed by atoms with E-state index >= 15 is 0 Å². The number of hydrogen-bond donors (Lipinski definition) is 0. The predicted molar refractivity (Wildman–Crippen MR) is 85.5 cm³/mol. The zero-order valence-corrected chi connectivity index (χ0v) is 13.8. The monoisotopic (exact) mass is 321 g/mol. The lowest BCUT2D eigenvalue weighted by molar-refractivity contribution is 0.0668. The van der Waals surface area contributed by atoms with Gasteiger partial charge in [0.2, 0.25) is 0 Å². The molecule has 1 saturated heterocycles. The zero-order valence-electron chi connectivity index (χ0n) is 13.0. The Bertz CT molecular complexity index is 550. The second kappa shape index (κ2) is 7.80. The van der Waals surface area contributed by atoms with Gasteiger partial charge in [-0.25, -0.2) is 4.68 Å². The van der Waals surface area contributed by atoms with Crippen LogP contribution >= 0.6 is 11.3 Å². The maximum atomic E-state index is 5.80. The molecule has 120 valence electrons. The van der Waals surface area contributed by atoms with Gasteiger partial charge in [-0.1, -0.05) is 13.0 Å². The van der Waals surface area contributed by atoms with E-state index in [1.165, 1.54) is 11.3 Å². The molecule has 0 spiro atoms. The Balaban J connectivity index is 1.67. The molecule has 0 amide bonds. The van der Waals surface area contributed by atoms with Crippen LogP contribution in [0.2, 0.25) is 0 Å². The van der Waals surface area contributed by atoms with Crippen molar-refractivity contribution in [1.82, 2.24) is 25.1 Å². The molecule has 2 aromatic heterocycles. The summed E-state index contributed by atoms with van der Waals surface area (Å²) < 4.78 is 7.72. The van der Waals surface area contributed by atoms with Crippen molar-refractivity contribution in [2.75, 3.05) is 13.2 Å². The predicted octanol–water partition coefficient (Wildman–Crippen LogP) is 2.33. The molecule has 1 atom stereocenters. The number of aryl methyl sites for hydroxylation is 1. The molecule has 22 heavy (non-hydrogen) atoms. The third kappa shape index (κ3) is 4.12. The van der Waals surface area contributed by atoms with E-state index in [9.17, 15) is 0 Å². The maximum absolute atomic E-state index is 5.80. The molecule has 3 heterocycles. The quantitative estimate of drug-likeness (QED) is 0.747. The number of rotatable bonds is 8. The minimum atomic E-state index is 0.343. The summed E-state index contributed by atoms with van der Waals surface area (Å²) >= 11 is 1.80. The maximum Gasteiger partial charge on any atom is 0.165 e. The lowest BCUT2D eigenvalue weighted by atomic mass is 10.2. The van der Waals surface area contributed by atoms with Gasteiger partial charge in [-0.3, -0.25) is 4.90 Å². The third-order valence-electron chi connectivity index (χ3n) is 3.85. The molecular weight excluding hydrogens is 298 g/mol. The van der Waals surface area contributed by atoms with Gasteiger partial charge in [-0.05, 0) is 41.1 Å². The van der Waals surface area contributed by atoms with Crippen LogP contribution in [0.15, 0.2) is 17.5 Å². The molecule has 2 aromatic rings. The molecule has 0 bridgehead atoms. The molecule has 0 N–H and O–H groups in total. The molecule has 0 aliphatic carbocycles. The highest BCUT2D eigenvalue weighted by molar-refractivity contribution is 7.09. The van der Waals surface area contributed by atoms with Crippen molar-refractivity contribution < 1.29 is 4.74 Å². The molecular formula is C15H23N5OS. The molecule has 0 aromatic carbocycles. The summed E-state index contributed by atoms with van der Waals surface area (Å²) in [4.78, 5) is 3.77. The van der Waals surface area contributed by atoms with Crippen molar-refractivity contribution >= 4 is 11.3 Å². The fourth-order valence-corrected chi connectivity index (χ4v) is 3.55. The third-order valence-corrected chi connectivity index (χ3v) is 4.71. The largest absolute Gasteiger partial charge is 0.377 e. The first-order valence-electron chi connectivity index (χ1n) is 7.96. The lowest BCUT2D eigenvalue weighted by Gasteiger charge is -2.24. The van der Waals surface area contributed by atoms with Crippen LogP contribution in [0, 0.1) is 0 Å². The second-order valence-electron chi connectivity index (χ2n) is 5.70. The van der Waals surface area contributed by atoms with Crippen LogP contribution in [-0.4, -0.2) is 44.4 Å². The Kier molecular flexibility index (Phi) is 5.53. The number of hydrogen-bond acceptors (Lipinski definition) is 6. The number of thiophene rings is 1. The van der Waals surface area contributed by atoms with Gasteiger partial charge in [0.15, 0.2) is 5.82 Å². The van der Waals surface area contributed by atoms with Crippen molar-refractivity contribution in [2.45, 2.75) is 51.9 Å². The van der Waals surface area contributed by atoms with Gasteiger partial charge in [-0.15, -0.1) is 16.4 Å². The van der Waals surface area contributed by atoms with Crippen molar-refractivity contribution in [2.24, 2.45) is 0 Å². The second-order valence-corrected chi connectivity index (χ2v) is 6.73. The van der Waals surface area contributed by atoms with Crippen molar-refractivity contribution in [3.63, 3.8) is 0 Å². The average Bonchev–Trinajstić information content (AvgIpc) is 3.23. The first-order valence-corrected chi connectivity index (χ1v) is 8.84. The van der Waals surface area contributed by atoms with E-state index in [4.69, 9.17) is 4.74 Å². The standard InChI is InChI=1S/C15H23N5OS/c1-2-7-20-15(16-17-18-20)12-19(10-13-5-3-8-21-13)11-14-6-4-9-22-14/h4,6,9,13H,2-3,5,7-8,10-12H2,1H3/t13-/m1/s1. The molecule has 0 saturated carbocycles.